The van der Waals surface area contributed by atoms with Crippen LogP contribution in [0.3, 0.4) is 0 Å². The lowest BCUT2D eigenvalue weighted by Crippen LogP contribution is -2.86. The fourth-order valence-electron chi connectivity index (χ4n) is 5.30. The Morgan fingerprint density at radius 2 is 1.11 bits per heavy atom. The summed E-state index contributed by atoms with van der Waals surface area (Å²) in [5.41, 5.74) is 0. The molecular weight excluding hydrogens is 224 g/mol. The molecule has 4 atom stereocenters. The number of hydrogen-bond acceptors (Lipinski definition) is 2. The van der Waals surface area contributed by atoms with E-state index in [0.717, 1.165) is 12.3 Å². The molecule has 0 aromatic heterocycles. The first-order valence-corrected chi connectivity index (χ1v) is 7.79. The summed E-state index contributed by atoms with van der Waals surface area (Å²) in [7, 11) is 5.05. The number of hydrogen-bond donors (Lipinski definition) is 0. The summed E-state index contributed by atoms with van der Waals surface area (Å²) in [4.78, 5) is 5.65. The molecule has 102 valence electrons. The van der Waals surface area contributed by atoms with Gasteiger partial charge in [-0.2, -0.15) is 0 Å². The molecule has 0 aliphatic carbocycles. The van der Waals surface area contributed by atoms with Crippen molar-refractivity contribution in [2.45, 2.75) is 25.2 Å². The van der Waals surface area contributed by atoms with E-state index in [1.807, 2.05) is 0 Å². The van der Waals surface area contributed by atoms with E-state index in [1.165, 1.54) is 74.2 Å². The Morgan fingerprint density at radius 3 is 1.56 bits per heavy atom. The molecular formula is C14H28N4+2. The van der Waals surface area contributed by atoms with Gasteiger partial charge in [-0.3, -0.25) is 0 Å². The first kappa shape index (κ1) is 11.6. The smallest absolute Gasteiger partial charge is 0.213 e. The largest absolute Gasteiger partial charge is 0.304 e. The van der Waals surface area contributed by atoms with Gasteiger partial charge in [-0.25, -0.2) is 9.80 Å². The van der Waals surface area contributed by atoms with Crippen LogP contribution in [0.25, 0.3) is 0 Å². The van der Waals surface area contributed by atoms with Crippen molar-refractivity contribution < 1.29 is 8.97 Å². The van der Waals surface area contributed by atoms with Crippen LogP contribution in [0.2, 0.25) is 0 Å². The van der Waals surface area contributed by atoms with Gasteiger partial charge in [0.2, 0.25) is 12.3 Å². The van der Waals surface area contributed by atoms with Crippen LogP contribution >= 0.6 is 0 Å². The Balaban J connectivity index is 1.76. The lowest BCUT2D eigenvalue weighted by molar-refractivity contribution is -1.04. The summed E-state index contributed by atoms with van der Waals surface area (Å²) in [5, 5.41) is 0. The van der Waals surface area contributed by atoms with E-state index in [4.69, 9.17) is 0 Å². The quantitative estimate of drug-likeness (QED) is 0.559. The molecule has 0 bridgehead atoms. The molecule has 4 aliphatic heterocycles. The minimum Gasteiger partial charge on any atom is -0.304 e. The first-order chi connectivity index (χ1) is 8.62. The fraction of sp³-hybridized carbons (Fsp3) is 1.00. The van der Waals surface area contributed by atoms with Gasteiger partial charge in [0.1, 0.15) is 0 Å². The van der Waals surface area contributed by atoms with Crippen LogP contribution in [0.15, 0.2) is 0 Å². The lowest BCUT2D eigenvalue weighted by Gasteiger charge is -2.65. The first-order valence-electron chi connectivity index (χ1n) is 7.79. The van der Waals surface area contributed by atoms with E-state index >= 15 is 0 Å². The van der Waals surface area contributed by atoms with Gasteiger partial charge in [-0.05, 0) is 0 Å². The zero-order chi connectivity index (χ0) is 12.4. The maximum Gasteiger partial charge on any atom is 0.213 e. The molecule has 0 aromatic rings. The summed E-state index contributed by atoms with van der Waals surface area (Å²) in [6, 6.07) is 0. The molecule has 0 aromatic carbocycles. The highest BCUT2D eigenvalue weighted by Crippen LogP contribution is 2.39. The number of rotatable bonds is 0. The number of likely N-dealkylation sites (N-methyl/N-ethyl adjacent to an activating group) is 2. The second-order valence-electron chi connectivity index (χ2n) is 7.46. The minimum absolute atomic E-state index is 0.784. The molecule has 4 heteroatoms. The molecule has 0 saturated carbocycles. The summed E-state index contributed by atoms with van der Waals surface area (Å²) >= 11 is 0. The second-order valence-corrected chi connectivity index (χ2v) is 7.46. The topological polar surface area (TPSA) is 6.48 Å². The molecule has 4 aliphatic rings. The second kappa shape index (κ2) is 3.69. The Morgan fingerprint density at radius 1 is 0.667 bits per heavy atom. The molecule has 4 saturated heterocycles. The third-order valence-electron chi connectivity index (χ3n) is 6.32. The van der Waals surface area contributed by atoms with Crippen LogP contribution in [0.1, 0.15) is 12.8 Å². The molecule has 0 radical (unpaired) electrons. The van der Waals surface area contributed by atoms with Crippen LogP contribution < -0.4 is 0 Å². The van der Waals surface area contributed by atoms with Crippen molar-refractivity contribution in [2.75, 3.05) is 66.5 Å². The maximum absolute atomic E-state index is 2.83. The van der Waals surface area contributed by atoms with E-state index in [1.54, 1.807) is 0 Å². The summed E-state index contributed by atoms with van der Waals surface area (Å²) in [5.74, 6) is 0. The molecule has 0 N–H and O–H groups in total. The monoisotopic (exact) mass is 252 g/mol. The van der Waals surface area contributed by atoms with Gasteiger partial charge >= 0.3 is 0 Å². The van der Waals surface area contributed by atoms with Gasteiger partial charge in [-0.1, -0.05) is 0 Å². The predicted molar refractivity (Wildman–Crippen MR) is 71.8 cm³/mol. The van der Waals surface area contributed by atoms with Gasteiger partial charge in [0.25, 0.3) is 0 Å². The summed E-state index contributed by atoms with van der Waals surface area (Å²) < 4.78 is 2.66. The van der Waals surface area contributed by atoms with Crippen molar-refractivity contribution in [3.8, 4) is 0 Å². The van der Waals surface area contributed by atoms with Crippen molar-refractivity contribution in [1.29, 1.82) is 0 Å². The summed E-state index contributed by atoms with van der Waals surface area (Å²) in [6.45, 7) is 10.9. The van der Waals surface area contributed by atoms with Gasteiger partial charge < -0.3 is 8.97 Å². The van der Waals surface area contributed by atoms with Gasteiger partial charge in [0.05, 0.1) is 53.4 Å². The van der Waals surface area contributed by atoms with Crippen LogP contribution in [0.5, 0.6) is 0 Å². The van der Waals surface area contributed by atoms with Crippen LogP contribution in [-0.2, 0) is 0 Å². The molecule has 4 rings (SSSR count). The van der Waals surface area contributed by atoms with Crippen molar-refractivity contribution >= 4 is 0 Å². The molecule has 2 unspecified atom stereocenters. The van der Waals surface area contributed by atoms with E-state index in [0.29, 0.717) is 0 Å². The van der Waals surface area contributed by atoms with Gasteiger partial charge in [0, 0.05) is 25.9 Å². The van der Waals surface area contributed by atoms with E-state index in [9.17, 15) is 0 Å². The van der Waals surface area contributed by atoms with Crippen molar-refractivity contribution in [3.05, 3.63) is 0 Å². The Labute approximate surface area is 111 Å². The zero-order valence-corrected chi connectivity index (χ0v) is 12.0. The van der Waals surface area contributed by atoms with E-state index in [-0.39, 0.29) is 0 Å². The normalized spacial score (nSPS) is 53.0. The fourth-order valence-corrected chi connectivity index (χ4v) is 5.30. The Bertz CT molecular complexity index is 326. The Kier molecular flexibility index (Phi) is 2.39. The third kappa shape index (κ3) is 1.40. The molecule has 0 spiro atoms. The highest BCUT2D eigenvalue weighted by molar-refractivity contribution is 4.87. The van der Waals surface area contributed by atoms with Crippen molar-refractivity contribution in [1.82, 2.24) is 9.80 Å². The average molecular weight is 252 g/mol. The van der Waals surface area contributed by atoms with Crippen molar-refractivity contribution in [2.24, 2.45) is 0 Å². The van der Waals surface area contributed by atoms with E-state index in [2.05, 4.69) is 23.9 Å². The Hall–Kier alpha value is -0.160. The SMILES string of the molecule is C[N+]12CCCN3CC[N+]4(C)CCCN(CC1)[C@H]4[C@H]32. The van der Waals surface area contributed by atoms with Crippen LogP contribution in [0, 0.1) is 0 Å². The van der Waals surface area contributed by atoms with Crippen molar-refractivity contribution in [3.63, 3.8) is 0 Å². The molecule has 4 nitrogen and oxygen atoms in total. The third-order valence-corrected chi connectivity index (χ3v) is 6.32. The van der Waals surface area contributed by atoms with E-state index < -0.39 is 0 Å². The zero-order valence-electron chi connectivity index (χ0n) is 12.0. The number of piperazine rings is 2. The average Bonchev–Trinajstić information content (AvgIpc) is 2.36. The highest BCUT2D eigenvalue weighted by atomic mass is 15.6. The standard InChI is InChI=1S/C14H28N4/c1-17-9-3-5-15-8-12-18(2)10-4-6-16(7-11-17)14(18)13(15)17/h13-14H,3-12H2,1-2H3/q+2/t13-,14-,17?,18?/m1/s1. The summed E-state index contributed by atoms with van der Waals surface area (Å²) in [6.07, 6.45) is 4.38. The highest BCUT2D eigenvalue weighted by Gasteiger charge is 2.61. The van der Waals surface area contributed by atoms with Crippen LogP contribution in [-0.4, -0.2) is 97.6 Å². The molecule has 4 fully saturated rings. The van der Waals surface area contributed by atoms with Gasteiger partial charge in [0.15, 0.2) is 0 Å². The minimum atomic E-state index is 0.784. The molecule has 18 heavy (non-hydrogen) atoms. The van der Waals surface area contributed by atoms with Gasteiger partial charge in [-0.15, -0.1) is 0 Å². The predicted octanol–water partition coefficient (Wildman–Crippen LogP) is -0.0296. The molecule has 0 amide bonds. The lowest BCUT2D eigenvalue weighted by atomic mass is 9.96. The number of nitrogens with zero attached hydrogens (tertiary/aromatic N) is 4. The number of quaternary nitrogens is 2. The maximum atomic E-state index is 2.83. The molecule has 4 heterocycles. The van der Waals surface area contributed by atoms with Crippen LogP contribution in [0.4, 0.5) is 0 Å².